The highest BCUT2D eigenvalue weighted by Gasteiger charge is 2.25. The first-order valence-electron chi connectivity index (χ1n) is 12.1. The lowest BCUT2D eigenvalue weighted by atomic mass is 9.95. The van der Waals surface area contributed by atoms with Crippen LogP contribution in [0.5, 0.6) is 11.5 Å². The molecule has 1 saturated carbocycles. The smallest absolute Gasteiger partial charge is 0.192 e. The molecule has 0 spiro atoms. The Balaban J connectivity index is 1.42. The summed E-state index contributed by atoms with van der Waals surface area (Å²) in [6, 6.07) is 16.8. The summed E-state index contributed by atoms with van der Waals surface area (Å²) < 4.78 is 15.5. The minimum Gasteiger partial charge on any atom is -0.493 e. The molecule has 0 aliphatic heterocycles. The second-order valence-electron chi connectivity index (χ2n) is 8.78. The van der Waals surface area contributed by atoms with Crippen LogP contribution in [0.25, 0.3) is 11.4 Å². The Morgan fingerprint density at radius 3 is 2.51 bits per heavy atom. The average Bonchev–Trinajstić information content (AvgIpc) is 3.54. The van der Waals surface area contributed by atoms with E-state index in [0.29, 0.717) is 17.5 Å². The summed E-state index contributed by atoms with van der Waals surface area (Å²) in [5, 5.41) is 10.2. The fraction of sp³-hybridized carbons (Fsp3) is 0.370. The molecule has 2 aromatic carbocycles. The number of rotatable bonds is 9. The Labute approximate surface area is 210 Å². The third-order valence-electron chi connectivity index (χ3n) is 6.57. The second kappa shape index (κ2) is 11.0. The van der Waals surface area contributed by atoms with Gasteiger partial charge in [-0.25, -0.2) is 4.98 Å². The number of nitrogens with zero attached hydrogens (tertiary/aromatic N) is 5. The van der Waals surface area contributed by atoms with Crippen molar-refractivity contribution < 1.29 is 9.47 Å². The van der Waals surface area contributed by atoms with Crippen molar-refractivity contribution >= 4 is 11.8 Å². The molecule has 7 nitrogen and oxygen atoms in total. The maximum atomic E-state index is 5.55. The Morgan fingerprint density at radius 1 is 0.943 bits per heavy atom. The van der Waals surface area contributed by atoms with E-state index in [9.17, 15) is 0 Å². The number of hydrogen-bond acceptors (Lipinski definition) is 6. The third-order valence-corrected chi connectivity index (χ3v) is 7.51. The largest absolute Gasteiger partial charge is 0.493 e. The molecule has 1 fully saturated rings. The Hall–Kier alpha value is -3.26. The van der Waals surface area contributed by atoms with Gasteiger partial charge in [-0.15, -0.1) is 10.2 Å². The first-order chi connectivity index (χ1) is 17.3. The van der Waals surface area contributed by atoms with Crippen molar-refractivity contribution in [2.75, 3.05) is 14.2 Å². The third kappa shape index (κ3) is 5.22. The van der Waals surface area contributed by atoms with Gasteiger partial charge in [0.25, 0.3) is 0 Å². The summed E-state index contributed by atoms with van der Waals surface area (Å²) in [6.07, 6.45) is 9.98. The van der Waals surface area contributed by atoms with Gasteiger partial charge in [-0.05, 0) is 36.6 Å². The topological polar surface area (TPSA) is 67.0 Å². The molecular formula is C27H31N5O2S. The van der Waals surface area contributed by atoms with E-state index in [0.717, 1.165) is 47.5 Å². The molecule has 35 heavy (non-hydrogen) atoms. The van der Waals surface area contributed by atoms with Crippen molar-refractivity contribution in [3.05, 3.63) is 72.3 Å². The van der Waals surface area contributed by atoms with Crippen molar-refractivity contribution in [1.82, 2.24) is 24.3 Å². The Bertz CT molecular complexity index is 1250. The minimum atomic E-state index is 0.397. The molecule has 0 atom stereocenters. The molecule has 2 heterocycles. The van der Waals surface area contributed by atoms with Gasteiger partial charge in [0.05, 0.1) is 20.0 Å². The Morgan fingerprint density at radius 2 is 1.74 bits per heavy atom. The highest BCUT2D eigenvalue weighted by atomic mass is 32.2. The van der Waals surface area contributed by atoms with E-state index < -0.39 is 0 Å². The number of thioether (sulfide) groups is 1. The van der Waals surface area contributed by atoms with E-state index in [2.05, 4.69) is 48.6 Å². The van der Waals surface area contributed by atoms with Crippen LogP contribution in [0.2, 0.25) is 0 Å². The van der Waals surface area contributed by atoms with Gasteiger partial charge in [-0.3, -0.25) is 4.57 Å². The van der Waals surface area contributed by atoms with Crippen LogP contribution in [0.4, 0.5) is 0 Å². The van der Waals surface area contributed by atoms with Crippen molar-refractivity contribution in [3.63, 3.8) is 0 Å². The zero-order valence-electron chi connectivity index (χ0n) is 20.3. The predicted molar refractivity (Wildman–Crippen MR) is 138 cm³/mol. The van der Waals surface area contributed by atoms with Crippen molar-refractivity contribution in [2.45, 2.75) is 55.6 Å². The number of aromatic nitrogens is 5. The van der Waals surface area contributed by atoms with Gasteiger partial charge in [0.1, 0.15) is 5.82 Å². The molecule has 0 unspecified atom stereocenters. The number of ether oxygens (including phenoxy) is 2. The molecule has 0 N–H and O–H groups in total. The normalized spacial score (nSPS) is 14.2. The predicted octanol–water partition coefficient (Wildman–Crippen LogP) is 6.00. The van der Waals surface area contributed by atoms with Crippen LogP contribution < -0.4 is 9.47 Å². The molecule has 4 aromatic rings. The van der Waals surface area contributed by atoms with Gasteiger partial charge < -0.3 is 14.0 Å². The molecular weight excluding hydrogens is 458 g/mol. The van der Waals surface area contributed by atoms with Crippen LogP contribution in [0.1, 0.15) is 49.5 Å². The quantitative estimate of drug-likeness (QED) is 0.269. The number of imidazole rings is 1. The maximum absolute atomic E-state index is 5.55. The molecule has 0 saturated heterocycles. The minimum absolute atomic E-state index is 0.397. The maximum Gasteiger partial charge on any atom is 0.192 e. The van der Waals surface area contributed by atoms with E-state index in [4.69, 9.17) is 9.47 Å². The number of hydrogen-bond donors (Lipinski definition) is 0. The summed E-state index contributed by atoms with van der Waals surface area (Å²) >= 11 is 1.71. The molecule has 0 radical (unpaired) electrons. The summed E-state index contributed by atoms with van der Waals surface area (Å²) in [6.45, 7) is 0.808. The van der Waals surface area contributed by atoms with Crippen molar-refractivity contribution in [1.29, 1.82) is 0 Å². The fourth-order valence-electron chi connectivity index (χ4n) is 4.75. The van der Waals surface area contributed by atoms with E-state index >= 15 is 0 Å². The number of methoxy groups -OCH3 is 2. The van der Waals surface area contributed by atoms with Gasteiger partial charge in [0.2, 0.25) is 0 Å². The van der Waals surface area contributed by atoms with Crippen LogP contribution in [0, 0.1) is 0 Å². The molecule has 0 bridgehead atoms. The monoisotopic (exact) mass is 489 g/mol. The first kappa shape index (κ1) is 23.5. The summed E-state index contributed by atoms with van der Waals surface area (Å²) in [5.41, 5.74) is 2.25. The van der Waals surface area contributed by atoms with Gasteiger partial charge in [0.15, 0.2) is 22.5 Å². The summed E-state index contributed by atoms with van der Waals surface area (Å²) in [4.78, 5) is 4.63. The molecule has 1 aliphatic rings. The first-order valence-corrected chi connectivity index (χ1v) is 13.1. The lowest BCUT2D eigenvalue weighted by Crippen LogP contribution is -2.15. The molecule has 5 rings (SSSR count). The van der Waals surface area contributed by atoms with E-state index in [1.54, 1.807) is 26.0 Å². The molecule has 182 valence electrons. The fourth-order valence-corrected chi connectivity index (χ4v) is 5.72. The van der Waals surface area contributed by atoms with E-state index in [1.807, 2.05) is 36.7 Å². The van der Waals surface area contributed by atoms with E-state index in [-0.39, 0.29) is 0 Å². The van der Waals surface area contributed by atoms with Crippen LogP contribution in [0.3, 0.4) is 0 Å². The zero-order chi connectivity index (χ0) is 24.0. The molecule has 8 heteroatoms. The Kier molecular flexibility index (Phi) is 7.37. The highest BCUT2D eigenvalue weighted by molar-refractivity contribution is 7.98. The zero-order valence-corrected chi connectivity index (χ0v) is 21.1. The van der Waals surface area contributed by atoms with Gasteiger partial charge in [-0.2, -0.15) is 0 Å². The van der Waals surface area contributed by atoms with E-state index in [1.165, 1.54) is 24.8 Å². The lowest BCUT2D eigenvalue weighted by Gasteiger charge is -2.25. The van der Waals surface area contributed by atoms with Gasteiger partial charge >= 0.3 is 0 Å². The standard InChI is InChI=1S/C27H31N5O2S/c1-33-23-14-13-21(17-24(23)34-2)26-29-30-27(32(26)22-11-7-4-8-12-22)35-19-25-28-15-16-31(25)18-20-9-5-3-6-10-20/h3,5-6,9-10,13-17,22H,4,7-8,11-12,18-19H2,1-2H3. The lowest BCUT2D eigenvalue weighted by molar-refractivity contribution is 0.339. The van der Waals surface area contributed by atoms with Crippen LogP contribution in [-0.2, 0) is 12.3 Å². The van der Waals surface area contributed by atoms with Gasteiger partial charge in [0, 0.05) is 30.5 Å². The van der Waals surface area contributed by atoms with Crippen LogP contribution in [0.15, 0.2) is 66.1 Å². The van der Waals surface area contributed by atoms with Gasteiger partial charge in [-0.1, -0.05) is 61.4 Å². The SMILES string of the molecule is COc1ccc(-c2nnc(SCc3nccn3Cc3ccccc3)n2C2CCCCC2)cc1OC. The molecule has 1 aliphatic carbocycles. The molecule has 0 amide bonds. The summed E-state index contributed by atoms with van der Waals surface area (Å²) in [7, 11) is 3.31. The van der Waals surface area contributed by atoms with Crippen LogP contribution >= 0.6 is 11.8 Å². The number of benzene rings is 2. The summed E-state index contributed by atoms with van der Waals surface area (Å²) in [5.74, 6) is 4.05. The van der Waals surface area contributed by atoms with Crippen LogP contribution in [-0.4, -0.2) is 38.5 Å². The average molecular weight is 490 g/mol. The van der Waals surface area contributed by atoms with Crippen molar-refractivity contribution in [3.8, 4) is 22.9 Å². The molecule has 2 aromatic heterocycles. The second-order valence-corrected chi connectivity index (χ2v) is 9.73. The highest BCUT2D eigenvalue weighted by Crippen LogP contribution is 2.38. The van der Waals surface area contributed by atoms with Crippen molar-refractivity contribution in [2.24, 2.45) is 0 Å².